The normalized spacial score (nSPS) is 20.1. The average Bonchev–Trinajstić information content (AvgIpc) is 2.79. The van der Waals surface area contributed by atoms with Crippen LogP contribution in [0.2, 0.25) is 0 Å². The summed E-state index contributed by atoms with van der Waals surface area (Å²) in [4.78, 5) is 2.18. The molecule has 1 heterocycles. The number of benzene rings is 1. The number of aliphatic hydroxyl groups excluding tert-OH is 1. The minimum absolute atomic E-state index is 0.284. The summed E-state index contributed by atoms with van der Waals surface area (Å²) < 4.78 is 17.8. The molecule has 6 heteroatoms. The van der Waals surface area contributed by atoms with Crippen molar-refractivity contribution < 1.29 is 19.2 Å². The van der Waals surface area contributed by atoms with Gasteiger partial charge in [-0.1, -0.05) is 26.0 Å². The van der Waals surface area contributed by atoms with Gasteiger partial charge in [0.15, 0.2) is 0 Å². The Hall–Kier alpha value is -1.08. The van der Waals surface area contributed by atoms with Crippen molar-refractivity contribution >= 4 is 12.6 Å². The molecule has 1 aromatic rings. The van der Waals surface area contributed by atoms with Crippen LogP contribution in [0.15, 0.2) is 24.3 Å². The largest absolute Gasteiger partial charge is 0.494 e. The highest BCUT2D eigenvalue weighted by atomic mass is 16.7. The van der Waals surface area contributed by atoms with Gasteiger partial charge in [0.2, 0.25) is 0 Å². The van der Waals surface area contributed by atoms with Crippen molar-refractivity contribution in [1.29, 1.82) is 0 Å². The molecule has 2 rings (SSSR count). The minimum atomic E-state index is -0.498. The highest BCUT2D eigenvalue weighted by molar-refractivity contribution is 6.62. The van der Waals surface area contributed by atoms with Crippen molar-refractivity contribution in [3.05, 3.63) is 24.3 Å². The molecule has 25 heavy (non-hydrogen) atoms. The Kier molecular flexibility index (Phi) is 6.54. The predicted octanol–water partition coefficient (Wildman–Crippen LogP) is 2.07. The highest BCUT2D eigenvalue weighted by Gasteiger charge is 2.51. The number of likely N-dealkylation sites (N-methyl/N-ethyl adjacent to an activating group) is 1. The molecule has 0 saturated carbocycles. The molecule has 0 amide bonds. The van der Waals surface area contributed by atoms with E-state index in [1.807, 2.05) is 52.0 Å². The molecule has 1 aliphatic heterocycles. The lowest BCUT2D eigenvalue weighted by atomic mass is 9.79. The summed E-state index contributed by atoms with van der Waals surface area (Å²) in [5.41, 5.74) is 0.276. The van der Waals surface area contributed by atoms with Crippen LogP contribution in [0.1, 0.15) is 41.5 Å². The van der Waals surface area contributed by atoms with E-state index in [1.54, 1.807) is 0 Å². The molecule has 0 aliphatic carbocycles. The fourth-order valence-electron chi connectivity index (χ4n) is 2.73. The fraction of sp³-hybridized carbons (Fsp3) is 0.684. The van der Waals surface area contributed by atoms with Crippen molar-refractivity contribution in [1.82, 2.24) is 4.90 Å². The number of nitrogens with zero attached hydrogens (tertiary/aromatic N) is 1. The van der Waals surface area contributed by atoms with Crippen LogP contribution in [0.5, 0.6) is 5.75 Å². The quantitative estimate of drug-likeness (QED) is 0.728. The van der Waals surface area contributed by atoms with E-state index >= 15 is 0 Å². The maximum absolute atomic E-state index is 10.1. The first-order valence-corrected chi connectivity index (χ1v) is 9.17. The highest BCUT2D eigenvalue weighted by Crippen LogP contribution is 2.36. The van der Waals surface area contributed by atoms with Crippen LogP contribution in [-0.4, -0.2) is 60.7 Å². The molecule has 1 saturated heterocycles. The Labute approximate surface area is 152 Å². The summed E-state index contributed by atoms with van der Waals surface area (Å²) >= 11 is 0. The van der Waals surface area contributed by atoms with Gasteiger partial charge in [0.1, 0.15) is 18.5 Å². The van der Waals surface area contributed by atoms with Crippen LogP contribution in [0, 0.1) is 0 Å². The van der Waals surface area contributed by atoms with Gasteiger partial charge in [-0.3, -0.25) is 0 Å². The Balaban J connectivity index is 1.88. The maximum Gasteiger partial charge on any atom is 0.494 e. The van der Waals surface area contributed by atoms with Crippen molar-refractivity contribution in [3.63, 3.8) is 0 Å². The zero-order chi connectivity index (χ0) is 18.7. The van der Waals surface area contributed by atoms with Gasteiger partial charge in [0.25, 0.3) is 0 Å². The lowest BCUT2D eigenvalue weighted by Gasteiger charge is -2.32. The zero-order valence-electron chi connectivity index (χ0n) is 16.4. The zero-order valence-corrected chi connectivity index (χ0v) is 16.4. The molecule has 0 aromatic heterocycles. The summed E-state index contributed by atoms with van der Waals surface area (Å²) in [5, 5.41) is 10.1. The molecule has 0 spiro atoms. The van der Waals surface area contributed by atoms with Crippen molar-refractivity contribution in [2.24, 2.45) is 0 Å². The third-order valence-corrected chi connectivity index (χ3v) is 5.21. The first-order chi connectivity index (χ1) is 11.7. The SMILES string of the molecule is CCN(CC)CC(O)COc1ccc(B2OC(C)(C)C(C)(C)O2)cc1. The second-order valence-corrected chi connectivity index (χ2v) is 7.61. The topological polar surface area (TPSA) is 51.2 Å². The summed E-state index contributed by atoms with van der Waals surface area (Å²) in [5.74, 6) is 0.735. The van der Waals surface area contributed by atoms with Crippen LogP contribution in [-0.2, 0) is 9.31 Å². The smallest absolute Gasteiger partial charge is 0.491 e. The first kappa shape index (κ1) is 20.2. The molecule has 0 radical (unpaired) electrons. The fourth-order valence-corrected chi connectivity index (χ4v) is 2.73. The second-order valence-electron chi connectivity index (χ2n) is 7.61. The van der Waals surface area contributed by atoms with Gasteiger partial charge in [-0.15, -0.1) is 0 Å². The van der Waals surface area contributed by atoms with Gasteiger partial charge in [-0.25, -0.2) is 0 Å². The third-order valence-electron chi connectivity index (χ3n) is 5.21. The summed E-state index contributed by atoms with van der Waals surface area (Å²) in [6.45, 7) is 15.1. The number of aliphatic hydroxyl groups is 1. The first-order valence-electron chi connectivity index (χ1n) is 9.17. The Morgan fingerprint density at radius 2 is 1.56 bits per heavy atom. The Morgan fingerprint density at radius 1 is 1.04 bits per heavy atom. The maximum atomic E-state index is 10.1. The molecule has 1 N–H and O–H groups in total. The van der Waals surface area contributed by atoms with E-state index in [0.29, 0.717) is 6.54 Å². The average molecular weight is 349 g/mol. The summed E-state index contributed by atoms with van der Waals surface area (Å²) in [7, 11) is -0.368. The molecule has 140 valence electrons. The van der Waals surface area contributed by atoms with E-state index in [0.717, 1.165) is 24.3 Å². The van der Waals surface area contributed by atoms with Crippen LogP contribution in [0.3, 0.4) is 0 Å². The molecular weight excluding hydrogens is 317 g/mol. The van der Waals surface area contributed by atoms with Gasteiger partial charge in [0.05, 0.1) is 11.2 Å². The minimum Gasteiger partial charge on any atom is -0.491 e. The lowest BCUT2D eigenvalue weighted by Crippen LogP contribution is -2.41. The molecular formula is C19H32BNO4. The van der Waals surface area contributed by atoms with Gasteiger partial charge in [-0.2, -0.15) is 0 Å². The molecule has 1 unspecified atom stereocenters. The van der Waals surface area contributed by atoms with E-state index in [9.17, 15) is 5.11 Å². The standard InChI is InChI=1S/C19H32BNO4/c1-7-21(8-2)13-16(22)14-23-17-11-9-15(10-12-17)20-24-18(3,4)19(5,6)25-20/h9-12,16,22H,7-8,13-14H2,1-6H3. The van der Waals surface area contributed by atoms with E-state index in [1.165, 1.54) is 0 Å². The van der Waals surface area contributed by atoms with Gasteiger partial charge >= 0.3 is 7.12 Å². The van der Waals surface area contributed by atoms with Crippen LogP contribution in [0.25, 0.3) is 0 Å². The number of hydrogen-bond donors (Lipinski definition) is 1. The number of rotatable bonds is 8. The van der Waals surface area contributed by atoms with Crippen molar-refractivity contribution in [2.45, 2.75) is 58.8 Å². The summed E-state index contributed by atoms with van der Waals surface area (Å²) in [6, 6.07) is 7.69. The monoisotopic (exact) mass is 349 g/mol. The molecule has 1 aliphatic rings. The number of ether oxygens (including phenoxy) is 1. The second kappa shape index (κ2) is 8.08. The number of hydrogen-bond acceptors (Lipinski definition) is 5. The molecule has 1 fully saturated rings. The van der Waals surface area contributed by atoms with Gasteiger partial charge < -0.3 is 24.1 Å². The van der Waals surface area contributed by atoms with Crippen LogP contribution < -0.4 is 10.2 Å². The summed E-state index contributed by atoms with van der Waals surface area (Å²) in [6.07, 6.45) is -0.498. The van der Waals surface area contributed by atoms with Crippen molar-refractivity contribution in [2.75, 3.05) is 26.2 Å². The molecule has 1 aromatic carbocycles. The van der Waals surface area contributed by atoms with E-state index in [2.05, 4.69) is 18.7 Å². The van der Waals surface area contributed by atoms with Gasteiger partial charge in [-0.05, 0) is 58.4 Å². The van der Waals surface area contributed by atoms with Gasteiger partial charge in [0, 0.05) is 6.54 Å². The molecule has 0 bridgehead atoms. The predicted molar refractivity (Wildman–Crippen MR) is 101 cm³/mol. The third kappa shape index (κ3) is 4.97. The van der Waals surface area contributed by atoms with E-state index in [4.69, 9.17) is 14.0 Å². The Morgan fingerprint density at radius 3 is 2.04 bits per heavy atom. The van der Waals surface area contributed by atoms with E-state index < -0.39 is 6.10 Å². The molecule has 1 atom stereocenters. The van der Waals surface area contributed by atoms with Crippen LogP contribution >= 0.6 is 0 Å². The van der Waals surface area contributed by atoms with Crippen molar-refractivity contribution in [3.8, 4) is 5.75 Å². The van der Waals surface area contributed by atoms with Crippen LogP contribution in [0.4, 0.5) is 0 Å². The molecule has 5 nitrogen and oxygen atoms in total. The lowest BCUT2D eigenvalue weighted by molar-refractivity contribution is 0.00578. The van der Waals surface area contributed by atoms with E-state index in [-0.39, 0.29) is 24.9 Å². The Bertz CT molecular complexity index is 527.